The molecule has 1 N–H and O–H groups in total. The maximum absolute atomic E-state index is 14.4. The van der Waals surface area contributed by atoms with Crippen molar-refractivity contribution in [1.82, 2.24) is 14.7 Å². The van der Waals surface area contributed by atoms with Crippen LogP contribution in [0.4, 0.5) is 5.69 Å². The fraction of sp³-hybridized carbons (Fsp3) is 0.594. The van der Waals surface area contributed by atoms with Crippen molar-refractivity contribution in [2.75, 3.05) is 77.1 Å². The lowest BCUT2D eigenvalue weighted by atomic mass is 9.70. The van der Waals surface area contributed by atoms with Gasteiger partial charge in [0.15, 0.2) is 0 Å². The van der Waals surface area contributed by atoms with E-state index in [4.69, 9.17) is 9.47 Å². The van der Waals surface area contributed by atoms with Crippen molar-refractivity contribution in [2.24, 2.45) is 11.8 Å². The van der Waals surface area contributed by atoms with Gasteiger partial charge in [0.25, 0.3) is 0 Å². The number of carbonyl (C=O) groups is 3. The molecule has 0 radical (unpaired) electrons. The summed E-state index contributed by atoms with van der Waals surface area (Å²) < 4.78 is 10.3. The predicted octanol–water partition coefficient (Wildman–Crippen LogP) is 2.03. The summed E-state index contributed by atoms with van der Waals surface area (Å²) in [5, 5.41) is 9.91. The molecule has 2 unspecified atom stereocenters. The number of aliphatic hydroxyl groups excluding tert-OH is 1. The highest BCUT2D eigenvalue weighted by molar-refractivity contribution is 8.02. The smallest absolute Gasteiger partial charge is 0.247 e. The summed E-state index contributed by atoms with van der Waals surface area (Å²) in [6.07, 6.45) is 4.83. The average molecular weight is 613 g/mol. The molecule has 11 heteroatoms. The Morgan fingerprint density at radius 1 is 1.14 bits per heavy atom. The van der Waals surface area contributed by atoms with E-state index in [2.05, 4.69) is 18.1 Å². The van der Waals surface area contributed by atoms with Gasteiger partial charge in [0, 0.05) is 56.8 Å². The number of hydrogen-bond acceptors (Lipinski definition) is 8. The first-order valence-corrected chi connectivity index (χ1v) is 16.2. The number of β-amino-alcohol motifs (C(OH)–C–C–N with tert-alkyl or cyclic N) is 1. The molecular weight excluding hydrogens is 568 g/mol. The van der Waals surface area contributed by atoms with E-state index in [0.717, 1.165) is 25.3 Å². The zero-order chi connectivity index (χ0) is 30.6. The minimum atomic E-state index is -0.743. The third-order valence-electron chi connectivity index (χ3n) is 9.15. The molecule has 3 amide bonds. The number of fused-ring (bicyclic) bond motifs is 1. The van der Waals surface area contributed by atoms with Gasteiger partial charge in [0.1, 0.15) is 11.8 Å². The van der Waals surface area contributed by atoms with Gasteiger partial charge < -0.3 is 29.3 Å². The maximum Gasteiger partial charge on any atom is 0.247 e. The van der Waals surface area contributed by atoms with E-state index in [9.17, 15) is 19.5 Å². The van der Waals surface area contributed by atoms with Crippen LogP contribution in [0, 0.1) is 11.8 Å². The Hall–Kier alpha value is -2.86. The first kappa shape index (κ1) is 31.6. The van der Waals surface area contributed by atoms with Crippen LogP contribution >= 0.6 is 11.8 Å². The van der Waals surface area contributed by atoms with Crippen molar-refractivity contribution in [2.45, 2.75) is 35.8 Å². The highest BCUT2D eigenvalue weighted by Gasteiger charge is 2.74. The lowest BCUT2D eigenvalue weighted by Gasteiger charge is -2.38. The van der Waals surface area contributed by atoms with Gasteiger partial charge in [-0.05, 0) is 44.0 Å². The quantitative estimate of drug-likeness (QED) is 0.319. The fourth-order valence-corrected chi connectivity index (χ4v) is 9.50. The van der Waals surface area contributed by atoms with Crippen LogP contribution in [0.15, 0.2) is 49.6 Å². The zero-order valence-electron chi connectivity index (χ0n) is 25.1. The molecule has 5 atom stereocenters. The molecule has 4 heterocycles. The summed E-state index contributed by atoms with van der Waals surface area (Å²) >= 11 is 1.64. The van der Waals surface area contributed by atoms with Crippen molar-refractivity contribution in [3.8, 4) is 5.75 Å². The molecule has 1 spiro atoms. The van der Waals surface area contributed by atoms with Crippen LogP contribution in [0.2, 0.25) is 0 Å². The monoisotopic (exact) mass is 612 g/mol. The van der Waals surface area contributed by atoms with Gasteiger partial charge >= 0.3 is 0 Å². The summed E-state index contributed by atoms with van der Waals surface area (Å²) in [5.41, 5.74) is 0.709. The molecule has 10 nitrogen and oxygen atoms in total. The molecule has 2 bridgehead atoms. The Labute approximate surface area is 258 Å². The third-order valence-corrected chi connectivity index (χ3v) is 11.1. The van der Waals surface area contributed by atoms with Gasteiger partial charge in [0.2, 0.25) is 17.7 Å². The van der Waals surface area contributed by atoms with Crippen LogP contribution in [0.5, 0.6) is 5.75 Å². The normalized spacial score (nSPS) is 28.0. The van der Waals surface area contributed by atoms with E-state index in [1.807, 2.05) is 31.2 Å². The molecule has 0 saturated carbocycles. The van der Waals surface area contributed by atoms with Gasteiger partial charge in [-0.1, -0.05) is 12.2 Å². The minimum Gasteiger partial charge on any atom is -0.494 e. The Bertz CT molecular complexity index is 1190. The van der Waals surface area contributed by atoms with Crippen LogP contribution in [-0.2, 0) is 19.1 Å². The molecule has 4 fully saturated rings. The SMILES string of the molecule is C=CCN(CCN1CCOCC1)C(=O)C1N(CCO)C(=O)[C@@H]2[C@@H](C(=O)N(CC=C)c3ccc(OCC)cc3)[C@H]3CCC12S3. The van der Waals surface area contributed by atoms with E-state index >= 15 is 0 Å². The topological polar surface area (TPSA) is 103 Å². The van der Waals surface area contributed by atoms with Crippen LogP contribution < -0.4 is 9.64 Å². The van der Waals surface area contributed by atoms with Gasteiger partial charge in [-0.2, -0.15) is 0 Å². The third kappa shape index (κ3) is 5.96. The van der Waals surface area contributed by atoms with Crippen LogP contribution in [0.1, 0.15) is 19.8 Å². The molecular formula is C32H44N4O6S. The lowest BCUT2D eigenvalue weighted by Crippen LogP contribution is -2.56. The first-order valence-electron chi connectivity index (χ1n) is 15.3. The number of carbonyl (C=O) groups excluding carboxylic acids is 3. The number of thioether (sulfide) groups is 1. The Morgan fingerprint density at radius 2 is 1.86 bits per heavy atom. The number of amides is 3. The summed E-state index contributed by atoms with van der Waals surface area (Å²) in [6.45, 7) is 14.9. The van der Waals surface area contributed by atoms with E-state index in [1.165, 1.54) is 0 Å². The largest absolute Gasteiger partial charge is 0.494 e. The molecule has 0 aromatic heterocycles. The predicted molar refractivity (Wildman–Crippen MR) is 167 cm³/mol. The van der Waals surface area contributed by atoms with Crippen molar-refractivity contribution in [3.63, 3.8) is 0 Å². The van der Waals surface area contributed by atoms with Gasteiger partial charge in [-0.3, -0.25) is 19.3 Å². The number of nitrogens with zero attached hydrogens (tertiary/aromatic N) is 4. The van der Waals surface area contributed by atoms with E-state index in [0.29, 0.717) is 58.1 Å². The lowest BCUT2D eigenvalue weighted by molar-refractivity contribution is -0.143. The number of hydrogen-bond donors (Lipinski definition) is 1. The number of rotatable bonds is 14. The minimum absolute atomic E-state index is 0.0558. The summed E-state index contributed by atoms with van der Waals surface area (Å²) in [7, 11) is 0. The molecule has 4 aliphatic heterocycles. The molecule has 234 valence electrons. The van der Waals surface area contributed by atoms with Crippen molar-refractivity contribution < 1.29 is 29.0 Å². The molecule has 5 rings (SSSR count). The molecule has 43 heavy (non-hydrogen) atoms. The standard InChI is InChI=1S/C32H44N4O6S/c1-4-13-34(16-15-33-18-21-41-22-19-33)31(40)28-32-12-11-25(43-32)26(27(32)30(39)36(28)17-20-37)29(38)35(14-5-2)23-7-9-24(10-8-23)42-6-3/h4-5,7-10,25-28,37H,1-2,6,11-22H2,3H3/t25-,26+,27+,28?,32?/m1/s1. The van der Waals surface area contributed by atoms with Crippen LogP contribution in [-0.4, -0.2) is 126 Å². The molecule has 1 aromatic rings. The second-order valence-electron chi connectivity index (χ2n) is 11.5. The zero-order valence-corrected chi connectivity index (χ0v) is 25.9. The number of anilines is 1. The summed E-state index contributed by atoms with van der Waals surface area (Å²) in [4.78, 5) is 50.3. The van der Waals surface area contributed by atoms with Crippen molar-refractivity contribution in [1.29, 1.82) is 0 Å². The van der Waals surface area contributed by atoms with Gasteiger partial charge in [-0.25, -0.2) is 0 Å². The Morgan fingerprint density at radius 3 is 2.51 bits per heavy atom. The van der Waals surface area contributed by atoms with Gasteiger partial charge in [0.05, 0.1) is 43.0 Å². The average Bonchev–Trinajstić information content (AvgIpc) is 3.66. The summed E-state index contributed by atoms with van der Waals surface area (Å²) in [6, 6.07) is 6.63. The second-order valence-corrected chi connectivity index (χ2v) is 13.1. The second kappa shape index (κ2) is 13.8. The first-order chi connectivity index (χ1) is 20.9. The van der Waals surface area contributed by atoms with E-state index < -0.39 is 22.6 Å². The number of likely N-dealkylation sites (tertiary alicyclic amines) is 1. The molecule has 4 aliphatic rings. The van der Waals surface area contributed by atoms with Crippen LogP contribution in [0.3, 0.4) is 0 Å². The fourth-order valence-electron chi connectivity index (χ4n) is 7.29. The van der Waals surface area contributed by atoms with Gasteiger partial charge in [-0.15, -0.1) is 24.9 Å². The number of benzene rings is 1. The van der Waals surface area contributed by atoms with Crippen molar-refractivity contribution in [3.05, 3.63) is 49.6 Å². The summed E-state index contributed by atoms with van der Waals surface area (Å²) in [5.74, 6) is -0.960. The maximum atomic E-state index is 14.4. The van der Waals surface area contributed by atoms with E-state index in [1.54, 1.807) is 38.6 Å². The van der Waals surface area contributed by atoms with E-state index in [-0.39, 0.29) is 36.1 Å². The molecule has 0 aliphatic carbocycles. The Balaban J connectivity index is 1.43. The van der Waals surface area contributed by atoms with Crippen molar-refractivity contribution >= 4 is 35.2 Å². The highest BCUT2D eigenvalue weighted by Crippen LogP contribution is 2.66. The molecule has 1 aromatic carbocycles. The number of ether oxygens (including phenoxy) is 2. The number of morpholine rings is 1. The number of aliphatic hydroxyl groups is 1. The molecule has 4 saturated heterocycles. The Kier molecular flexibility index (Phi) is 10.2. The van der Waals surface area contributed by atoms with Crippen LogP contribution in [0.25, 0.3) is 0 Å². The highest BCUT2D eigenvalue weighted by atomic mass is 32.2.